The van der Waals surface area contributed by atoms with E-state index in [4.69, 9.17) is 5.73 Å². The zero-order valence-electron chi connectivity index (χ0n) is 16.9. The van der Waals surface area contributed by atoms with Crippen LogP contribution in [0.2, 0.25) is 0 Å². The van der Waals surface area contributed by atoms with Gasteiger partial charge in [-0.05, 0) is 30.9 Å². The Balaban J connectivity index is 2.15. The van der Waals surface area contributed by atoms with Crippen molar-refractivity contribution >= 4 is 29.6 Å². The summed E-state index contributed by atoms with van der Waals surface area (Å²) in [5, 5.41) is 16.9. The molecule has 0 aliphatic heterocycles. The van der Waals surface area contributed by atoms with Gasteiger partial charge in [-0.1, -0.05) is 36.9 Å². The minimum atomic E-state index is -1.34. The van der Waals surface area contributed by atoms with Crippen LogP contribution in [0.1, 0.15) is 31.2 Å². The smallest absolute Gasteiger partial charge is 0.326 e. The van der Waals surface area contributed by atoms with Crippen LogP contribution < -0.4 is 21.7 Å². The van der Waals surface area contributed by atoms with Crippen molar-refractivity contribution in [2.24, 2.45) is 5.73 Å². The normalized spacial score (nSPS) is 15.6. The Morgan fingerprint density at radius 3 is 2.26 bits per heavy atom. The lowest BCUT2D eigenvalue weighted by molar-refractivity contribution is -0.142. The van der Waals surface area contributed by atoms with E-state index in [1.54, 1.807) is 30.3 Å². The number of carboxylic acids is 1. The second-order valence-corrected chi connectivity index (χ2v) is 7.40. The van der Waals surface area contributed by atoms with Gasteiger partial charge in [0.25, 0.3) is 0 Å². The Morgan fingerprint density at radius 1 is 1.10 bits per heavy atom. The molecule has 1 fully saturated rings. The van der Waals surface area contributed by atoms with Gasteiger partial charge in [-0.15, -0.1) is 0 Å². The van der Waals surface area contributed by atoms with Gasteiger partial charge in [0.15, 0.2) is 0 Å². The van der Waals surface area contributed by atoms with Gasteiger partial charge < -0.3 is 26.8 Å². The van der Waals surface area contributed by atoms with E-state index < -0.39 is 47.2 Å². The Hall–Kier alpha value is -3.69. The van der Waals surface area contributed by atoms with Gasteiger partial charge >= 0.3 is 5.97 Å². The quantitative estimate of drug-likeness (QED) is 0.277. The predicted octanol–water partition coefficient (Wildman–Crippen LogP) is -0.616. The summed E-state index contributed by atoms with van der Waals surface area (Å²) >= 11 is 0. The fourth-order valence-electron chi connectivity index (χ4n) is 2.99. The first-order valence-corrected chi connectivity index (χ1v) is 9.78. The van der Waals surface area contributed by atoms with Gasteiger partial charge in [-0.25, -0.2) is 4.79 Å². The van der Waals surface area contributed by atoms with E-state index in [1.807, 2.05) is 0 Å². The molecule has 6 N–H and O–H groups in total. The first-order valence-electron chi connectivity index (χ1n) is 9.78. The largest absolute Gasteiger partial charge is 0.480 e. The maximum Gasteiger partial charge on any atom is 0.326 e. The van der Waals surface area contributed by atoms with Crippen molar-refractivity contribution in [3.63, 3.8) is 0 Å². The summed E-state index contributed by atoms with van der Waals surface area (Å²) in [5.41, 5.74) is 4.69. The van der Waals surface area contributed by atoms with Gasteiger partial charge in [-0.3, -0.25) is 19.2 Å². The van der Waals surface area contributed by atoms with E-state index in [0.717, 1.165) is 11.6 Å². The zero-order chi connectivity index (χ0) is 23.0. The summed E-state index contributed by atoms with van der Waals surface area (Å²) in [7, 11) is 0. The Morgan fingerprint density at radius 2 is 1.74 bits per heavy atom. The van der Waals surface area contributed by atoms with Gasteiger partial charge in [0.1, 0.15) is 17.6 Å². The molecule has 0 spiro atoms. The maximum absolute atomic E-state index is 12.9. The van der Waals surface area contributed by atoms with E-state index in [-0.39, 0.29) is 19.3 Å². The monoisotopic (exact) mass is 430 g/mol. The highest BCUT2D eigenvalue weighted by molar-refractivity contribution is 5.99. The van der Waals surface area contributed by atoms with E-state index in [2.05, 4.69) is 22.5 Å². The number of nitrogens with one attached hydrogen (secondary N) is 3. The van der Waals surface area contributed by atoms with E-state index in [1.165, 1.54) is 0 Å². The van der Waals surface area contributed by atoms with Crippen LogP contribution in [0.4, 0.5) is 0 Å². The highest BCUT2D eigenvalue weighted by Gasteiger charge is 2.51. The third kappa shape index (κ3) is 6.95. The molecule has 1 aromatic rings. The number of aliphatic carboxylic acids is 1. The van der Waals surface area contributed by atoms with Crippen LogP contribution in [-0.2, 0) is 30.4 Å². The molecule has 166 valence electrons. The third-order valence-corrected chi connectivity index (χ3v) is 4.93. The Bertz CT molecular complexity index is 866. The number of carbonyl (C=O) groups excluding carboxylic acids is 4. The molecule has 1 aromatic carbocycles. The minimum Gasteiger partial charge on any atom is -0.480 e. The molecule has 2 rings (SSSR count). The highest BCUT2D eigenvalue weighted by atomic mass is 16.4. The third-order valence-electron chi connectivity index (χ3n) is 4.93. The maximum atomic E-state index is 12.9. The zero-order valence-corrected chi connectivity index (χ0v) is 16.9. The number of carboxylic acid groups (broad SMARTS) is 1. The number of hydrogen-bond acceptors (Lipinski definition) is 5. The van der Waals surface area contributed by atoms with Crippen LogP contribution in [0.3, 0.4) is 0 Å². The number of carbonyl (C=O) groups is 5. The minimum absolute atomic E-state index is 0.103. The average Bonchev–Trinajstić information content (AvgIpc) is 3.51. The summed E-state index contributed by atoms with van der Waals surface area (Å²) < 4.78 is 0. The predicted molar refractivity (Wildman–Crippen MR) is 110 cm³/mol. The summed E-state index contributed by atoms with van der Waals surface area (Å²) in [5.74, 6) is -3.78. The SMILES string of the molecule is C=CC(=O)NC1(C(=O)N[C@@H](Cc2ccccc2)C(=O)N[C@@H](CCC(N)=O)C(=O)O)CC1. The van der Waals surface area contributed by atoms with Gasteiger partial charge in [-0.2, -0.15) is 0 Å². The van der Waals surface area contributed by atoms with Crippen molar-refractivity contribution in [2.75, 3.05) is 0 Å². The fourth-order valence-corrected chi connectivity index (χ4v) is 2.99. The molecule has 10 heteroatoms. The van der Waals surface area contributed by atoms with E-state index in [9.17, 15) is 29.1 Å². The van der Waals surface area contributed by atoms with Crippen molar-refractivity contribution in [1.82, 2.24) is 16.0 Å². The van der Waals surface area contributed by atoms with Gasteiger partial charge in [0.05, 0.1) is 0 Å². The number of hydrogen-bond donors (Lipinski definition) is 5. The van der Waals surface area contributed by atoms with Crippen molar-refractivity contribution in [3.05, 3.63) is 48.6 Å². The lowest BCUT2D eigenvalue weighted by Crippen LogP contribution is -2.57. The van der Waals surface area contributed by atoms with Crippen LogP contribution >= 0.6 is 0 Å². The van der Waals surface area contributed by atoms with E-state index in [0.29, 0.717) is 12.8 Å². The number of nitrogens with two attached hydrogens (primary N) is 1. The summed E-state index contributed by atoms with van der Waals surface area (Å²) in [6, 6.07) is 6.43. The van der Waals surface area contributed by atoms with E-state index >= 15 is 0 Å². The molecule has 0 unspecified atom stereocenters. The molecule has 1 aliphatic carbocycles. The second-order valence-electron chi connectivity index (χ2n) is 7.40. The van der Waals surface area contributed by atoms with Crippen LogP contribution in [-0.4, -0.2) is 52.3 Å². The molecular formula is C21H26N4O6. The molecule has 0 saturated heterocycles. The number of primary amides is 1. The van der Waals surface area contributed by atoms with Gasteiger partial charge in [0, 0.05) is 12.8 Å². The summed E-state index contributed by atoms with van der Waals surface area (Å²) in [4.78, 5) is 59.7. The standard InChI is InChI=1S/C21H26N4O6/c1-2-17(27)25-21(10-11-21)20(31)24-15(12-13-6-4-3-5-7-13)18(28)23-14(19(29)30)8-9-16(22)26/h2-7,14-15H,1,8-12H2,(H2,22,26)(H,23,28)(H,24,31)(H,25,27)(H,29,30)/t14-,15-/m0/s1. The number of benzene rings is 1. The first-order chi connectivity index (χ1) is 14.7. The van der Waals surface area contributed by atoms with Crippen molar-refractivity contribution in [1.29, 1.82) is 0 Å². The van der Waals surface area contributed by atoms with Crippen LogP contribution in [0.15, 0.2) is 43.0 Å². The Kier molecular flexibility index (Phi) is 7.89. The molecule has 2 atom stereocenters. The van der Waals surface area contributed by atoms with Gasteiger partial charge in [0.2, 0.25) is 23.6 Å². The fraction of sp³-hybridized carbons (Fsp3) is 0.381. The molecule has 10 nitrogen and oxygen atoms in total. The van der Waals surface area contributed by atoms with Crippen molar-refractivity contribution in [3.8, 4) is 0 Å². The molecule has 1 aliphatic rings. The summed E-state index contributed by atoms with van der Waals surface area (Å²) in [6.45, 7) is 3.36. The number of rotatable bonds is 12. The van der Waals surface area contributed by atoms with Crippen molar-refractivity contribution in [2.45, 2.75) is 49.7 Å². The molecule has 4 amide bonds. The lowest BCUT2D eigenvalue weighted by atomic mass is 10.0. The van der Waals surface area contributed by atoms with Crippen LogP contribution in [0.25, 0.3) is 0 Å². The lowest BCUT2D eigenvalue weighted by Gasteiger charge is -2.24. The second kappa shape index (κ2) is 10.4. The number of amides is 4. The Labute approximate surface area is 179 Å². The molecular weight excluding hydrogens is 404 g/mol. The van der Waals surface area contributed by atoms with Crippen LogP contribution in [0.5, 0.6) is 0 Å². The first kappa shape index (κ1) is 23.6. The van der Waals surface area contributed by atoms with Crippen molar-refractivity contribution < 1.29 is 29.1 Å². The molecule has 1 saturated carbocycles. The molecule has 31 heavy (non-hydrogen) atoms. The summed E-state index contributed by atoms with van der Waals surface area (Å²) in [6.07, 6.45) is 1.58. The topological polar surface area (TPSA) is 168 Å². The molecule has 0 bridgehead atoms. The average molecular weight is 430 g/mol. The molecule has 0 heterocycles. The van der Waals surface area contributed by atoms with Crippen LogP contribution in [0, 0.1) is 0 Å². The molecule has 0 aromatic heterocycles. The highest BCUT2D eigenvalue weighted by Crippen LogP contribution is 2.35. The molecule has 0 radical (unpaired) electrons.